The first-order chi connectivity index (χ1) is 9.18. The number of allylic oxidation sites excluding steroid dienone is 3. The van der Waals surface area contributed by atoms with Crippen LogP contribution in [-0.2, 0) is 4.79 Å². The summed E-state index contributed by atoms with van der Waals surface area (Å²) in [6.07, 6.45) is 18.3. The highest BCUT2D eigenvalue weighted by Gasteiger charge is 1.99. The predicted octanol–water partition coefficient (Wildman–Crippen LogP) is 6.00. The predicted molar refractivity (Wildman–Crippen MR) is 85.4 cm³/mol. The van der Waals surface area contributed by atoms with Crippen LogP contribution in [0.25, 0.3) is 0 Å². The molecule has 1 nitrogen and oxygen atoms in total. The first-order valence-electron chi connectivity index (χ1n) is 8.02. The summed E-state index contributed by atoms with van der Waals surface area (Å²) in [5.74, 6) is 0.148. The Balaban J connectivity index is 3.17. The highest BCUT2D eigenvalue weighted by Crippen LogP contribution is 2.12. The second-order valence-electron chi connectivity index (χ2n) is 5.43. The van der Waals surface area contributed by atoms with Gasteiger partial charge in [-0.05, 0) is 44.6 Å². The molecule has 1 heteroatoms. The average molecular weight is 264 g/mol. The van der Waals surface area contributed by atoms with Gasteiger partial charge in [0.05, 0.1) is 0 Å². The molecular formula is C18H32O. The van der Waals surface area contributed by atoms with Crippen LogP contribution in [0.5, 0.6) is 0 Å². The molecule has 0 saturated heterocycles. The van der Waals surface area contributed by atoms with E-state index in [1.807, 2.05) is 0 Å². The van der Waals surface area contributed by atoms with E-state index in [-0.39, 0.29) is 5.78 Å². The van der Waals surface area contributed by atoms with Crippen molar-refractivity contribution in [2.45, 2.75) is 84.5 Å². The first kappa shape index (κ1) is 18.1. The van der Waals surface area contributed by atoms with Crippen molar-refractivity contribution >= 4 is 5.78 Å². The van der Waals surface area contributed by atoms with Crippen molar-refractivity contribution in [3.8, 4) is 0 Å². The van der Waals surface area contributed by atoms with Crippen molar-refractivity contribution in [3.63, 3.8) is 0 Å². The molecule has 0 amide bonds. The van der Waals surface area contributed by atoms with E-state index in [0.29, 0.717) is 0 Å². The number of Topliss-reactive ketones (excluding diaryl/α,β-unsaturated/α-hetero) is 1. The molecule has 0 unspecified atom stereocenters. The molecule has 0 aliphatic carbocycles. The topological polar surface area (TPSA) is 17.1 Å². The fourth-order valence-corrected chi connectivity index (χ4v) is 2.04. The number of hydrogen-bond donors (Lipinski definition) is 0. The van der Waals surface area contributed by atoms with E-state index in [9.17, 15) is 4.79 Å². The van der Waals surface area contributed by atoms with Crippen LogP contribution in [-0.4, -0.2) is 5.78 Å². The van der Waals surface area contributed by atoms with Crippen molar-refractivity contribution < 1.29 is 4.79 Å². The Bertz CT molecular complexity index is 263. The maximum absolute atomic E-state index is 11.0. The summed E-state index contributed by atoms with van der Waals surface area (Å²) in [6.45, 7) is 7.63. The first-order valence-corrected chi connectivity index (χ1v) is 8.02. The van der Waals surface area contributed by atoms with Gasteiger partial charge < -0.3 is 0 Å². The number of carbonyl (C=O) groups is 1. The molecule has 0 spiro atoms. The smallest absolute Gasteiger partial charge is 0.155 e. The maximum atomic E-state index is 11.0. The lowest BCUT2D eigenvalue weighted by molar-refractivity contribution is -0.113. The SMILES string of the molecule is C=C(CCCCCCCC/C=C\CCCC)C(C)=O. The summed E-state index contributed by atoms with van der Waals surface area (Å²) in [5.41, 5.74) is 0.789. The number of rotatable bonds is 13. The van der Waals surface area contributed by atoms with Gasteiger partial charge in [0.2, 0.25) is 0 Å². The van der Waals surface area contributed by atoms with E-state index >= 15 is 0 Å². The van der Waals surface area contributed by atoms with Gasteiger partial charge in [0.25, 0.3) is 0 Å². The van der Waals surface area contributed by atoms with Crippen molar-refractivity contribution in [1.29, 1.82) is 0 Å². The lowest BCUT2D eigenvalue weighted by atomic mass is 10.0. The normalized spacial score (nSPS) is 11.1. The molecule has 0 aromatic rings. The van der Waals surface area contributed by atoms with E-state index in [2.05, 4.69) is 25.7 Å². The van der Waals surface area contributed by atoms with Gasteiger partial charge in [-0.2, -0.15) is 0 Å². The molecule has 0 atom stereocenters. The number of carbonyl (C=O) groups excluding carboxylic acids is 1. The van der Waals surface area contributed by atoms with Crippen LogP contribution in [0.4, 0.5) is 0 Å². The highest BCUT2D eigenvalue weighted by molar-refractivity contribution is 5.92. The third-order valence-electron chi connectivity index (χ3n) is 3.49. The Morgan fingerprint density at radius 3 is 2.00 bits per heavy atom. The molecule has 0 aromatic heterocycles. The average Bonchev–Trinajstić information content (AvgIpc) is 2.39. The Hall–Kier alpha value is -0.850. The molecular weight excluding hydrogens is 232 g/mol. The summed E-state index contributed by atoms with van der Waals surface area (Å²) in [7, 11) is 0. The zero-order chi connectivity index (χ0) is 14.3. The van der Waals surface area contributed by atoms with Gasteiger partial charge in [0.15, 0.2) is 5.78 Å². The van der Waals surface area contributed by atoms with Gasteiger partial charge in [-0.1, -0.05) is 64.2 Å². The van der Waals surface area contributed by atoms with Crippen molar-refractivity contribution in [3.05, 3.63) is 24.3 Å². The summed E-state index contributed by atoms with van der Waals surface area (Å²) in [4.78, 5) is 11.0. The van der Waals surface area contributed by atoms with Crippen LogP contribution in [0.1, 0.15) is 84.5 Å². The standard InChI is InChI=1S/C18H32O/c1-4-5-6-7-8-9-10-11-12-13-14-15-16-17(2)18(3)19/h7-8H,2,4-6,9-16H2,1,3H3/b8-7-. The van der Waals surface area contributed by atoms with Crippen LogP contribution in [0, 0.1) is 0 Å². The number of ketones is 1. The van der Waals surface area contributed by atoms with Crippen LogP contribution in [0.2, 0.25) is 0 Å². The summed E-state index contributed by atoms with van der Waals surface area (Å²) >= 11 is 0. The van der Waals surface area contributed by atoms with E-state index in [1.54, 1.807) is 6.92 Å². The minimum atomic E-state index is 0.148. The zero-order valence-corrected chi connectivity index (χ0v) is 13.0. The summed E-state index contributed by atoms with van der Waals surface area (Å²) < 4.78 is 0. The summed E-state index contributed by atoms with van der Waals surface area (Å²) in [5, 5.41) is 0. The largest absolute Gasteiger partial charge is 0.295 e. The second-order valence-corrected chi connectivity index (χ2v) is 5.43. The van der Waals surface area contributed by atoms with Gasteiger partial charge in [-0.25, -0.2) is 0 Å². The lowest BCUT2D eigenvalue weighted by Gasteiger charge is -2.02. The van der Waals surface area contributed by atoms with Gasteiger partial charge in [0, 0.05) is 0 Å². The molecule has 0 rings (SSSR count). The lowest BCUT2D eigenvalue weighted by Crippen LogP contribution is -1.94. The molecule has 0 saturated carbocycles. The van der Waals surface area contributed by atoms with E-state index < -0.39 is 0 Å². The minimum absolute atomic E-state index is 0.148. The monoisotopic (exact) mass is 264 g/mol. The Kier molecular flexibility index (Phi) is 13.0. The van der Waals surface area contributed by atoms with Crippen molar-refractivity contribution in [2.75, 3.05) is 0 Å². The number of hydrogen-bond acceptors (Lipinski definition) is 1. The second kappa shape index (κ2) is 13.6. The Morgan fingerprint density at radius 2 is 1.42 bits per heavy atom. The zero-order valence-electron chi connectivity index (χ0n) is 13.0. The van der Waals surface area contributed by atoms with Gasteiger partial charge in [-0.3, -0.25) is 4.79 Å². The molecule has 0 aromatic carbocycles. The van der Waals surface area contributed by atoms with Gasteiger partial charge in [-0.15, -0.1) is 0 Å². The van der Waals surface area contributed by atoms with Gasteiger partial charge >= 0.3 is 0 Å². The number of unbranched alkanes of at least 4 members (excludes halogenated alkanes) is 8. The molecule has 0 heterocycles. The Labute approximate surface area is 120 Å². The van der Waals surface area contributed by atoms with E-state index in [4.69, 9.17) is 0 Å². The van der Waals surface area contributed by atoms with Gasteiger partial charge in [0.1, 0.15) is 0 Å². The fraction of sp³-hybridized carbons (Fsp3) is 0.722. The Morgan fingerprint density at radius 1 is 0.895 bits per heavy atom. The molecule has 0 aliphatic heterocycles. The third kappa shape index (κ3) is 13.4. The maximum Gasteiger partial charge on any atom is 0.155 e. The highest BCUT2D eigenvalue weighted by atomic mass is 16.1. The quantitative estimate of drug-likeness (QED) is 0.226. The third-order valence-corrected chi connectivity index (χ3v) is 3.49. The van der Waals surface area contributed by atoms with E-state index in [1.165, 1.54) is 57.8 Å². The molecule has 19 heavy (non-hydrogen) atoms. The van der Waals surface area contributed by atoms with Crippen LogP contribution in [0.3, 0.4) is 0 Å². The molecule has 0 bridgehead atoms. The van der Waals surface area contributed by atoms with Crippen LogP contribution >= 0.6 is 0 Å². The molecule has 110 valence electrons. The van der Waals surface area contributed by atoms with E-state index in [0.717, 1.165) is 18.4 Å². The van der Waals surface area contributed by atoms with Crippen molar-refractivity contribution in [2.24, 2.45) is 0 Å². The molecule has 0 fully saturated rings. The summed E-state index contributed by atoms with van der Waals surface area (Å²) in [6, 6.07) is 0. The molecule has 0 radical (unpaired) electrons. The molecule has 0 aliphatic rings. The molecule has 0 N–H and O–H groups in total. The fourth-order valence-electron chi connectivity index (χ4n) is 2.04. The van der Waals surface area contributed by atoms with Crippen molar-refractivity contribution in [1.82, 2.24) is 0 Å². The van der Waals surface area contributed by atoms with Crippen LogP contribution in [0.15, 0.2) is 24.3 Å². The minimum Gasteiger partial charge on any atom is -0.295 e. The van der Waals surface area contributed by atoms with Crippen LogP contribution < -0.4 is 0 Å².